The van der Waals surface area contributed by atoms with E-state index in [1.54, 1.807) is 0 Å². The van der Waals surface area contributed by atoms with Gasteiger partial charge in [-0.3, -0.25) is 4.79 Å². The molecule has 0 aliphatic rings. The average Bonchev–Trinajstić information content (AvgIpc) is 3.11. The zero-order valence-electron chi connectivity index (χ0n) is 39.2. The normalized spacial score (nSPS) is 13.2. The fourth-order valence-corrected chi connectivity index (χ4v) is 7.90. The summed E-state index contributed by atoms with van der Waals surface area (Å²) in [6.07, 6.45) is 4.14. The van der Waals surface area contributed by atoms with Gasteiger partial charge in [0.05, 0.1) is 5.69 Å². The van der Waals surface area contributed by atoms with Crippen LogP contribution in [0.2, 0.25) is 39.3 Å². The molecule has 0 saturated carbocycles. The monoisotopic (exact) mass is 836 g/mol. The molecule has 10 heteroatoms. The molecule has 0 bridgehead atoms. The number of carbonyl (C=O) groups excluding carboxylic acids is 2. The quantitative estimate of drug-likeness (QED) is 0.0506. The maximum Gasteiger partial charge on any atom is 0.265 e. The lowest BCUT2D eigenvalue weighted by Gasteiger charge is -2.35. The molecule has 0 aliphatic heterocycles. The molecule has 58 heavy (non-hydrogen) atoms. The van der Waals surface area contributed by atoms with Crippen molar-refractivity contribution in [3.8, 4) is 28.7 Å². The highest BCUT2D eigenvalue weighted by Crippen LogP contribution is 2.45. The topological polar surface area (TPSA) is 114 Å². The first-order valence-corrected chi connectivity index (χ1v) is 27.9. The number of aldehydes is 1. The van der Waals surface area contributed by atoms with E-state index in [-0.39, 0.29) is 44.8 Å². The van der Waals surface area contributed by atoms with E-state index in [0.717, 1.165) is 48.2 Å². The Bertz CT molecular complexity index is 1850. The maximum atomic E-state index is 12.9. The highest BCUT2D eigenvalue weighted by atomic mass is 28.4. The highest BCUT2D eigenvalue weighted by Gasteiger charge is 2.34. The number of phenolic OH excluding ortho intramolecular Hbond substituents is 2. The predicted octanol–water partition coefficient (Wildman–Crippen LogP) is 12.9. The van der Waals surface area contributed by atoms with Crippen molar-refractivity contribution in [1.82, 2.24) is 0 Å². The van der Waals surface area contributed by atoms with Crippen molar-refractivity contribution >= 4 is 34.5 Å². The summed E-state index contributed by atoms with van der Waals surface area (Å²) in [5, 5.41) is 22.3. The SMILES string of the molecule is CCC(C)(C)c1cc(O[Si](C)(C)C)c(C(C)(C)CC=O)cc1O[Si](C)(C)C.CCC(Oc1ccc(C(C)(C)CC)cc1C(C)(C)CC)C(=O)Nc1cc(O)ccc1O. The standard InChI is InChI=1S/C26H37NO4.C22H40O3Si2/c1-8-22(24(30)27-20-16-18(28)12-13-21(20)29)31-23-14-11-17(25(4,5)9-2)15-19(23)26(6,7)10-3;1-12-21(2,3)17-15-20(25-27(9,10)11)18(22(4,5)13-14-23)16-19(17)24-26(6,7)8/h11-16,22,28-29H,8-10H2,1-7H3,(H,27,30);14-16H,12-13H2,1-11H3. The van der Waals surface area contributed by atoms with Gasteiger partial charge in [0.25, 0.3) is 5.91 Å². The average molecular weight is 836 g/mol. The molecule has 3 rings (SSSR count). The summed E-state index contributed by atoms with van der Waals surface area (Å²) in [4.78, 5) is 24.2. The molecule has 1 atom stereocenters. The molecule has 3 aromatic rings. The van der Waals surface area contributed by atoms with Gasteiger partial charge in [0.1, 0.15) is 35.0 Å². The molecule has 3 N–H and O–H groups in total. The lowest BCUT2D eigenvalue weighted by Crippen LogP contribution is -2.34. The third-order valence-electron chi connectivity index (χ3n) is 11.3. The van der Waals surface area contributed by atoms with E-state index in [9.17, 15) is 19.8 Å². The van der Waals surface area contributed by atoms with Gasteiger partial charge in [-0.15, -0.1) is 0 Å². The van der Waals surface area contributed by atoms with Crippen LogP contribution in [-0.2, 0) is 31.2 Å². The molecule has 0 saturated heterocycles. The van der Waals surface area contributed by atoms with E-state index in [4.69, 9.17) is 13.6 Å². The predicted molar refractivity (Wildman–Crippen MR) is 248 cm³/mol. The van der Waals surface area contributed by atoms with Gasteiger partial charge < -0.3 is 33.9 Å². The van der Waals surface area contributed by atoms with Crippen molar-refractivity contribution < 1.29 is 33.4 Å². The van der Waals surface area contributed by atoms with Crippen molar-refractivity contribution in [3.05, 3.63) is 70.8 Å². The zero-order chi connectivity index (χ0) is 44.7. The lowest BCUT2D eigenvalue weighted by molar-refractivity contribution is -0.122. The number of benzene rings is 3. The molecule has 0 heterocycles. The van der Waals surface area contributed by atoms with Crippen LogP contribution in [-0.4, -0.2) is 45.1 Å². The minimum atomic E-state index is -1.81. The van der Waals surface area contributed by atoms with E-state index in [1.807, 2.05) is 13.0 Å². The Hall–Kier alpha value is -3.77. The third-order valence-corrected chi connectivity index (χ3v) is 12.9. The van der Waals surface area contributed by atoms with Crippen LogP contribution in [0.25, 0.3) is 0 Å². The van der Waals surface area contributed by atoms with Crippen LogP contribution in [0.5, 0.6) is 28.7 Å². The molecule has 1 unspecified atom stereocenters. The van der Waals surface area contributed by atoms with Crippen molar-refractivity contribution in [2.45, 2.75) is 182 Å². The molecule has 3 aromatic carbocycles. The van der Waals surface area contributed by atoms with Gasteiger partial charge in [0, 0.05) is 29.2 Å². The van der Waals surface area contributed by atoms with Gasteiger partial charge in [0.2, 0.25) is 16.6 Å². The molecule has 0 fully saturated rings. The fraction of sp³-hybridized carbons (Fsp3) is 0.583. The number of phenols is 2. The van der Waals surface area contributed by atoms with Gasteiger partial charge in [-0.25, -0.2) is 0 Å². The van der Waals surface area contributed by atoms with E-state index in [2.05, 4.69) is 145 Å². The van der Waals surface area contributed by atoms with Crippen LogP contribution < -0.4 is 18.9 Å². The molecule has 0 spiro atoms. The number of ether oxygens (including phenoxy) is 1. The molecule has 0 aliphatic carbocycles. The van der Waals surface area contributed by atoms with Crippen LogP contribution in [0.4, 0.5) is 5.69 Å². The van der Waals surface area contributed by atoms with Crippen LogP contribution in [0, 0.1) is 0 Å². The van der Waals surface area contributed by atoms with Gasteiger partial charge in [-0.2, -0.15) is 0 Å². The summed E-state index contributed by atoms with van der Waals surface area (Å²) in [5.41, 5.74) is 4.37. The van der Waals surface area contributed by atoms with Gasteiger partial charge in [-0.05, 0) is 123 Å². The summed E-state index contributed by atoms with van der Waals surface area (Å²) < 4.78 is 19.3. The minimum Gasteiger partial charge on any atom is -0.544 e. The second-order valence-electron chi connectivity index (χ2n) is 20.2. The minimum absolute atomic E-state index is 0.0140. The Balaban J connectivity index is 0.000000404. The highest BCUT2D eigenvalue weighted by molar-refractivity contribution is 6.70. The first-order valence-electron chi connectivity index (χ1n) is 21.1. The van der Waals surface area contributed by atoms with Crippen molar-refractivity contribution in [3.63, 3.8) is 0 Å². The molecule has 1 amide bonds. The summed E-state index contributed by atoms with van der Waals surface area (Å²) in [6.45, 7) is 39.2. The second-order valence-corrected chi connectivity index (χ2v) is 29.0. The number of amides is 1. The molecule has 324 valence electrons. The Morgan fingerprint density at radius 3 is 1.55 bits per heavy atom. The van der Waals surface area contributed by atoms with Gasteiger partial charge in [0.15, 0.2) is 6.10 Å². The van der Waals surface area contributed by atoms with Crippen LogP contribution >= 0.6 is 0 Å². The van der Waals surface area contributed by atoms with E-state index in [0.29, 0.717) is 18.6 Å². The smallest absolute Gasteiger partial charge is 0.265 e. The first kappa shape index (κ1) is 50.4. The third kappa shape index (κ3) is 13.9. The maximum absolute atomic E-state index is 12.9. The summed E-state index contributed by atoms with van der Waals surface area (Å²) in [5.74, 6) is 2.05. The number of aromatic hydroxyl groups is 2. The Morgan fingerprint density at radius 1 is 0.655 bits per heavy atom. The van der Waals surface area contributed by atoms with Crippen LogP contribution in [0.3, 0.4) is 0 Å². The Kier molecular flexibility index (Phi) is 17.0. The van der Waals surface area contributed by atoms with Crippen molar-refractivity contribution in [2.24, 2.45) is 0 Å². The Labute approximate surface area is 353 Å². The van der Waals surface area contributed by atoms with E-state index >= 15 is 0 Å². The number of hydrogen-bond acceptors (Lipinski definition) is 7. The molecular weight excluding hydrogens is 759 g/mol. The zero-order valence-corrected chi connectivity index (χ0v) is 41.2. The fourth-order valence-electron chi connectivity index (χ4n) is 6.25. The molecule has 8 nitrogen and oxygen atoms in total. The van der Waals surface area contributed by atoms with E-state index in [1.165, 1.54) is 29.3 Å². The van der Waals surface area contributed by atoms with Crippen molar-refractivity contribution in [1.29, 1.82) is 0 Å². The first-order chi connectivity index (χ1) is 26.5. The molecular formula is C48H77NO7Si2. The molecule has 0 radical (unpaired) electrons. The van der Waals surface area contributed by atoms with E-state index < -0.39 is 22.7 Å². The number of carbonyl (C=O) groups is 2. The molecule has 0 aromatic heterocycles. The number of anilines is 1. The van der Waals surface area contributed by atoms with Crippen LogP contribution in [0.15, 0.2) is 48.5 Å². The number of hydrogen-bond donors (Lipinski definition) is 3. The van der Waals surface area contributed by atoms with Crippen LogP contribution in [0.1, 0.15) is 137 Å². The summed E-state index contributed by atoms with van der Waals surface area (Å²) in [6, 6.07) is 14.6. The summed E-state index contributed by atoms with van der Waals surface area (Å²) in [7, 11) is -3.60. The Morgan fingerprint density at radius 2 is 1.12 bits per heavy atom. The van der Waals surface area contributed by atoms with Gasteiger partial charge in [-0.1, -0.05) is 95.2 Å². The number of nitrogens with one attached hydrogen (secondary N) is 1. The second kappa shape index (κ2) is 19.5. The number of rotatable bonds is 18. The lowest BCUT2D eigenvalue weighted by atomic mass is 9.76. The van der Waals surface area contributed by atoms with Crippen molar-refractivity contribution in [2.75, 3.05) is 5.32 Å². The largest absolute Gasteiger partial charge is 0.544 e. The summed E-state index contributed by atoms with van der Waals surface area (Å²) >= 11 is 0. The van der Waals surface area contributed by atoms with Gasteiger partial charge >= 0.3 is 0 Å².